The molecule has 0 bridgehead atoms. The van der Waals surface area contributed by atoms with Gasteiger partial charge in [0, 0.05) is 19.0 Å². The Kier molecular flexibility index (Phi) is 3.37. The van der Waals surface area contributed by atoms with Gasteiger partial charge in [0.25, 0.3) is 5.56 Å². The second-order valence-corrected chi connectivity index (χ2v) is 5.46. The Labute approximate surface area is 119 Å². The van der Waals surface area contributed by atoms with Crippen LogP contribution in [0.5, 0.6) is 0 Å². The largest absolute Gasteiger partial charge is 0.374 e. The first-order valence-corrected chi connectivity index (χ1v) is 7.02. The molecular formula is C13H14N4O2S. The summed E-state index contributed by atoms with van der Waals surface area (Å²) in [5, 5.41) is 6.14. The van der Waals surface area contributed by atoms with Crippen LogP contribution in [0, 0.1) is 0 Å². The molecule has 3 aromatic rings. The van der Waals surface area contributed by atoms with Gasteiger partial charge in [-0.1, -0.05) is 6.07 Å². The molecule has 0 unspecified atom stereocenters. The Bertz CT molecular complexity index is 775. The zero-order valence-corrected chi connectivity index (χ0v) is 12.0. The minimum atomic E-state index is -0.157. The molecule has 1 atom stereocenters. The van der Waals surface area contributed by atoms with Gasteiger partial charge in [-0.3, -0.25) is 14.0 Å². The molecule has 0 amide bonds. The van der Waals surface area contributed by atoms with Crippen molar-refractivity contribution in [2.45, 2.75) is 12.6 Å². The van der Waals surface area contributed by atoms with Crippen LogP contribution < -0.4 is 5.56 Å². The van der Waals surface area contributed by atoms with Crippen molar-refractivity contribution in [2.24, 2.45) is 7.05 Å². The minimum Gasteiger partial charge on any atom is -0.374 e. The van der Waals surface area contributed by atoms with E-state index in [4.69, 9.17) is 4.74 Å². The maximum atomic E-state index is 12.4. The van der Waals surface area contributed by atoms with Crippen molar-refractivity contribution in [3.63, 3.8) is 0 Å². The Morgan fingerprint density at radius 2 is 2.35 bits per heavy atom. The van der Waals surface area contributed by atoms with Gasteiger partial charge in [-0.25, -0.2) is 4.98 Å². The van der Waals surface area contributed by atoms with Gasteiger partial charge < -0.3 is 4.74 Å². The molecule has 0 spiro atoms. The van der Waals surface area contributed by atoms with Gasteiger partial charge in [0.2, 0.25) is 0 Å². The molecule has 6 nitrogen and oxygen atoms in total. The van der Waals surface area contributed by atoms with Gasteiger partial charge in [0.15, 0.2) is 5.52 Å². The van der Waals surface area contributed by atoms with Crippen molar-refractivity contribution < 1.29 is 4.74 Å². The van der Waals surface area contributed by atoms with Crippen LogP contribution >= 0.6 is 11.3 Å². The van der Waals surface area contributed by atoms with E-state index < -0.39 is 0 Å². The first-order chi connectivity index (χ1) is 9.69. The zero-order chi connectivity index (χ0) is 14.1. The van der Waals surface area contributed by atoms with Crippen LogP contribution in [0.4, 0.5) is 0 Å². The number of fused-ring (bicyclic) bond motifs is 1. The lowest BCUT2D eigenvalue weighted by Crippen LogP contribution is -2.24. The van der Waals surface area contributed by atoms with Gasteiger partial charge in [-0.05, 0) is 11.4 Å². The van der Waals surface area contributed by atoms with Crippen molar-refractivity contribution in [1.82, 2.24) is 19.3 Å². The lowest BCUT2D eigenvalue weighted by atomic mass is 10.3. The van der Waals surface area contributed by atoms with Gasteiger partial charge in [-0.15, -0.1) is 11.3 Å². The summed E-state index contributed by atoms with van der Waals surface area (Å²) >= 11 is 1.61. The summed E-state index contributed by atoms with van der Waals surface area (Å²) in [4.78, 5) is 17.7. The minimum absolute atomic E-state index is 0.144. The summed E-state index contributed by atoms with van der Waals surface area (Å²) in [5.74, 6) is 0. The van der Waals surface area contributed by atoms with Crippen LogP contribution in [-0.2, 0) is 18.3 Å². The lowest BCUT2D eigenvalue weighted by Gasteiger charge is -2.14. The standard InChI is InChI=1S/C13H14N4O2S/c1-16-6-9-12(15-16)13(18)17(8-14-9)7-10(19-2)11-4-3-5-20-11/h3-6,8,10H,7H2,1-2H3/t10-/m1/s1. The number of hydrogen-bond donors (Lipinski definition) is 0. The molecule has 3 aromatic heterocycles. The summed E-state index contributed by atoms with van der Waals surface area (Å²) in [5.41, 5.74) is 0.851. The molecule has 3 rings (SSSR count). The van der Waals surface area contributed by atoms with Crippen molar-refractivity contribution in [2.75, 3.05) is 7.11 Å². The van der Waals surface area contributed by atoms with Gasteiger partial charge in [-0.2, -0.15) is 5.10 Å². The molecule has 104 valence electrons. The van der Waals surface area contributed by atoms with E-state index in [1.54, 1.807) is 47.3 Å². The summed E-state index contributed by atoms with van der Waals surface area (Å²) in [6.45, 7) is 0.426. The third kappa shape index (κ3) is 2.25. The SMILES string of the molecule is CO[C@H](Cn1cnc2cn(C)nc2c1=O)c1cccs1. The van der Waals surface area contributed by atoms with Crippen LogP contribution in [0.2, 0.25) is 0 Å². The molecule has 0 N–H and O–H groups in total. The molecule has 0 saturated carbocycles. The van der Waals surface area contributed by atoms with Crippen LogP contribution in [0.15, 0.2) is 34.8 Å². The normalized spacial score (nSPS) is 12.9. The van der Waals surface area contributed by atoms with E-state index in [0.29, 0.717) is 17.6 Å². The van der Waals surface area contributed by atoms with Crippen LogP contribution in [-0.4, -0.2) is 26.4 Å². The molecule has 0 aliphatic heterocycles. The average molecular weight is 290 g/mol. The van der Waals surface area contributed by atoms with Crippen molar-refractivity contribution in [3.8, 4) is 0 Å². The first kappa shape index (κ1) is 13.0. The third-order valence-electron chi connectivity index (χ3n) is 3.12. The van der Waals surface area contributed by atoms with E-state index in [0.717, 1.165) is 4.88 Å². The molecule has 0 saturated heterocycles. The van der Waals surface area contributed by atoms with Crippen LogP contribution in [0.3, 0.4) is 0 Å². The molecule has 0 aliphatic carbocycles. The highest BCUT2D eigenvalue weighted by atomic mass is 32.1. The topological polar surface area (TPSA) is 61.9 Å². The second kappa shape index (κ2) is 5.18. The molecule has 0 aromatic carbocycles. The highest BCUT2D eigenvalue weighted by molar-refractivity contribution is 7.10. The number of rotatable bonds is 4. The fraction of sp³-hybridized carbons (Fsp3) is 0.308. The van der Waals surface area contributed by atoms with Gasteiger partial charge in [0.1, 0.15) is 11.6 Å². The van der Waals surface area contributed by atoms with Crippen molar-refractivity contribution >= 4 is 22.4 Å². The number of ether oxygens (including phenoxy) is 1. The molecule has 7 heteroatoms. The fourth-order valence-corrected chi connectivity index (χ4v) is 2.90. The number of hydrogen-bond acceptors (Lipinski definition) is 5. The smallest absolute Gasteiger partial charge is 0.281 e. The van der Waals surface area contributed by atoms with E-state index in [-0.39, 0.29) is 11.7 Å². The molecule has 20 heavy (non-hydrogen) atoms. The maximum Gasteiger partial charge on any atom is 0.281 e. The van der Waals surface area contributed by atoms with Gasteiger partial charge in [0.05, 0.1) is 19.1 Å². The number of methoxy groups -OCH3 is 1. The Hall–Kier alpha value is -1.99. The first-order valence-electron chi connectivity index (χ1n) is 6.14. The fourth-order valence-electron chi connectivity index (χ4n) is 2.11. The maximum absolute atomic E-state index is 12.4. The third-order valence-corrected chi connectivity index (χ3v) is 4.08. The van der Waals surface area contributed by atoms with Crippen LogP contribution in [0.1, 0.15) is 11.0 Å². The Balaban J connectivity index is 1.98. The number of thiophene rings is 1. The number of aromatic nitrogens is 4. The van der Waals surface area contributed by atoms with Crippen molar-refractivity contribution in [3.05, 3.63) is 45.3 Å². The molecule has 3 heterocycles. The summed E-state index contributed by atoms with van der Waals surface area (Å²) in [6.07, 6.45) is 3.12. The molecule has 0 aliphatic rings. The predicted octanol–water partition coefficient (Wildman–Crippen LogP) is 1.58. The van der Waals surface area contributed by atoms with E-state index in [1.807, 2.05) is 17.5 Å². The Morgan fingerprint density at radius 1 is 1.50 bits per heavy atom. The lowest BCUT2D eigenvalue weighted by molar-refractivity contribution is 0.0897. The van der Waals surface area contributed by atoms with Crippen LogP contribution in [0.25, 0.3) is 11.0 Å². The monoisotopic (exact) mass is 290 g/mol. The summed E-state index contributed by atoms with van der Waals surface area (Å²) in [6, 6.07) is 3.96. The predicted molar refractivity (Wildman–Crippen MR) is 76.8 cm³/mol. The second-order valence-electron chi connectivity index (χ2n) is 4.48. The zero-order valence-electron chi connectivity index (χ0n) is 11.2. The van der Waals surface area contributed by atoms with E-state index in [2.05, 4.69) is 10.1 Å². The average Bonchev–Trinajstić information content (AvgIpc) is 3.07. The Morgan fingerprint density at radius 3 is 3.05 bits per heavy atom. The highest BCUT2D eigenvalue weighted by Crippen LogP contribution is 2.23. The quantitative estimate of drug-likeness (QED) is 0.732. The van der Waals surface area contributed by atoms with E-state index >= 15 is 0 Å². The highest BCUT2D eigenvalue weighted by Gasteiger charge is 2.15. The number of aryl methyl sites for hydroxylation is 1. The van der Waals surface area contributed by atoms with Crippen molar-refractivity contribution in [1.29, 1.82) is 0 Å². The van der Waals surface area contributed by atoms with E-state index in [9.17, 15) is 4.79 Å². The summed E-state index contributed by atoms with van der Waals surface area (Å²) in [7, 11) is 3.41. The number of nitrogens with zero attached hydrogens (tertiary/aromatic N) is 4. The van der Waals surface area contributed by atoms with Gasteiger partial charge >= 0.3 is 0 Å². The molecule has 0 radical (unpaired) electrons. The molecule has 0 fully saturated rings. The summed E-state index contributed by atoms with van der Waals surface area (Å²) < 4.78 is 8.61. The molecular weight excluding hydrogens is 276 g/mol. The van der Waals surface area contributed by atoms with E-state index in [1.165, 1.54) is 0 Å².